The number of likely N-dealkylation sites (N-methyl/N-ethyl adjacent to an activating group) is 1. The average molecular weight is 265 g/mol. The third-order valence-electron chi connectivity index (χ3n) is 3.03. The van der Waals surface area contributed by atoms with Gasteiger partial charge in [-0.3, -0.25) is 9.69 Å². The van der Waals surface area contributed by atoms with Crippen molar-refractivity contribution in [3.05, 3.63) is 35.9 Å². The first-order chi connectivity index (χ1) is 9.19. The third-order valence-corrected chi connectivity index (χ3v) is 3.03. The van der Waals surface area contributed by atoms with Crippen LogP contribution in [0.15, 0.2) is 30.3 Å². The van der Waals surface area contributed by atoms with Crippen LogP contribution in [0.25, 0.3) is 0 Å². The van der Waals surface area contributed by atoms with E-state index in [1.54, 1.807) is 0 Å². The summed E-state index contributed by atoms with van der Waals surface area (Å²) in [7, 11) is 0. The molecule has 0 heterocycles. The van der Waals surface area contributed by atoms with Gasteiger partial charge < -0.3 is 9.84 Å². The first kappa shape index (κ1) is 15.7. The summed E-state index contributed by atoms with van der Waals surface area (Å²) in [6.07, 6.45) is 0.941. The number of rotatable bonds is 9. The van der Waals surface area contributed by atoms with Crippen molar-refractivity contribution in [2.75, 3.05) is 19.7 Å². The maximum Gasteiger partial charge on any atom is 0.323 e. The molecular formula is C15H23NO3. The topological polar surface area (TPSA) is 49.8 Å². The maximum atomic E-state index is 11.3. The van der Waals surface area contributed by atoms with Crippen molar-refractivity contribution >= 4 is 5.97 Å². The van der Waals surface area contributed by atoms with Crippen LogP contribution in [0, 0.1) is 0 Å². The van der Waals surface area contributed by atoms with E-state index in [-0.39, 0.29) is 6.61 Å². The van der Waals surface area contributed by atoms with Crippen LogP contribution < -0.4 is 0 Å². The molecule has 0 aliphatic rings. The van der Waals surface area contributed by atoms with E-state index in [4.69, 9.17) is 4.74 Å². The number of benzene rings is 1. The van der Waals surface area contributed by atoms with Gasteiger partial charge in [0, 0.05) is 0 Å². The number of carbonyl (C=O) groups is 1. The van der Waals surface area contributed by atoms with Gasteiger partial charge in [0.1, 0.15) is 6.04 Å². The largest absolute Gasteiger partial charge is 0.480 e. The molecule has 1 aromatic carbocycles. The van der Waals surface area contributed by atoms with Gasteiger partial charge in [0.05, 0.1) is 13.2 Å². The third kappa shape index (κ3) is 5.41. The Morgan fingerprint density at radius 2 is 2.00 bits per heavy atom. The second-order valence-electron chi connectivity index (χ2n) is 4.48. The molecule has 1 N–H and O–H groups in total. The lowest BCUT2D eigenvalue weighted by atomic mass is 10.2. The van der Waals surface area contributed by atoms with Crippen molar-refractivity contribution in [2.45, 2.75) is 32.9 Å². The molecular weight excluding hydrogens is 242 g/mol. The second kappa shape index (κ2) is 8.67. The molecule has 1 atom stereocenters. The summed E-state index contributed by atoms with van der Waals surface area (Å²) in [5.41, 5.74) is 1.06. The molecule has 19 heavy (non-hydrogen) atoms. The van der Waals surface area contributed by atoms with Crippen molar-refractivity contribution in [1.29, 1.82) is 0 Å². The number of ether oxygens (including phenoxy) is 1. The van der Waals surface area contributed by atoms with Crippen LogP contribution in [-0.2, 0) is 16.1 Å². The molecule has 0 radical (unpaired) electrons. The quantitative estimate of drug-likeness (QED) is 0.745. The molecule has 0 saturated carbocycles. The van der Waals surface area contributed by atoms with E-state index >= 15 is 0 Å². The Kier molecular flexibility index (Phi) is 7.15. The van der Waals surface area contributed by atoms with Gasteiger partial charge in [0.25, 0.3) is 0 Å². The predicted octanol–water partition coefficient (Wildman–Crippen LogP) is 2.39. The van der Waals surface area contributed by atoms with Crippen LogP contribution in [0.1, 0.15) is 25.8 Å². The van der Waals surface area contributed by atoms with E-state index < -0.39 is 12.0 Å². The van der Waals surface area contributed by atoms with E-state index in [0.29, 0.717) is 6.61 Å². The maximum absolute atomic E-state index is 11.3. The molecule has 0 unspecified atom stereocenters. The second-order valence-corrected chi connectivity index (χ2v) is 4.48. The van der Waals surface area contributed by atoms with Crippen molar-refractivity contribution in [3.63, 3.8) is 0 Å². The summed E-state index contributed by atoms with van der Waals surface area (Å²) >= 11 is 0. The molecule has 1 aromatic rings. The Balaban J connectivity index is 2.47. The molecule has 0 aromatic heterocycles. The minimum atomic E-state index is -0.816. The fourth-order valence-corrected chi connectivity index (χ4v) is 2.02. The zero-order valence-electron chi connectivity index (χ0n) is 11.7. The number of hydrogen-bond acceptors (Lipinski definition) is 3. The summed E-state index contributed by atoms with van der Waals surface area (Å²) < 4.78 is 5.55. The van der Waals surface area contributed by atoms with Gasteiger partial charge >= 0.3 is 5.97 Å². The summed E-state index contributed by atoms with van der Waals surface area (Å²) in [5, 5.41) is 9.28. The minimum Gasteiger partial charge on any atom is -0.480 e. The fraction of sp³-hybridized carbons (Fsp3) is 0.533. The van der Waals surface area contributed by atoms with Crippen molar-refractivity contribution in [3.8, 4) is 0 Å². The predicted molar refractivity (Wildman–Crippen MR) is 75.1 cm³/mol. The molecule has 0 amide bonds. The van der Waals surface area contributed by atoms with Crippen LogP contribution in [0.5, 0.6) is 0 Å². The molecule has 0 spiro atoms. The molecule has 0 aliphatic heterocycles. The molecule has 0 saturated heterocycles. The Morgan fingerprint density at radius 1 is 1.32 bits per heavy atom. The smallest absolute Gasteiger partial charge is 0.323 e. The van der Waals surface area contributed by atoms with Crippen molar-refractivity contribution < 1.29 is 14.6 Å². The molecule has 0 aliphatic carbocycles. The first-order valence-electron chi connectivity index (χ1n) is 6.77. The van der Waals surface area contributed by atoms with E-state index in [0.717, 1.165) is 25.1 Å². The highest BCUT2D eigenvalue weighted by Gasteiger charge is 2.23. The van der Waals surface area contributed by atoms with Crippen LogP contribution >= 0.6 is 0 Å². The van der Waals surface area contributed by atoms with Gasteiger partial charge in [-0.1, -0.05) is 44.2 Å². The van der Waals surface area contributed by atoms with Gasteiger partial charge in [-0.25, -0.2) is 0 Å². The van der Waals surface area contributed by atoms with Crippen LogP contribution in [0.2, 0.25) is 0 Å². The number of carboxylic acid groups (broad SMARTS) is 1. The first-order valence-corrected chi connectivity index (χ1v) is 6.77. The average Bonchev–Trinajstić information content (AvgIpc) is 2.42. The number of aliphatic carboxylic acids is 1. The Bertz CT molecular complexity index is 367. The van der Waals surface area contributed by atoms with Crippen LogP contribution in [0.4, 0.5) is 0 Å². The van der Waals surface area contributed by atoms with Gasteiger partial charge in [-0.2, -0.15) is 0 Å². The zero-order valence-corrected chi connectivity index (χ0v) is 11.7. The fourth-order valence-electron chi connectivity index (χ4n) is 2.02. The van der Waals surface area contributed by atoms with E-state index in [1.165, 1.54) is 0 Å². The Hall–Kier alpha value is -1.39. The highest BCUT2D eigenvalue weighted by Crippen LogP contribution is 2.06. The summed E-state index contributed by atoms with van der Waals surface area (Å²) in [5.74, 6) is -0.816. The molecule has 4 heteroatoms. The van der Waals surface area contributed by atoms with E-state index in [2.05, 4.69) is 0 Å². The highest BCUT2D eigenvalue weighted by atomic mass is 16.5. The lowest BCUT2D eigenvalue weighted by Crippen LogP contribution is -2.44. The molecule has 4 nitrogen and oxygen atoms in total. The summed E-state index contributed by atoms with van der Waals surface area (Å²) in [4.78, 5) is 13.2. The van der Waals surface area contributed by atoms with Gasteiger partial charge in [-0.15, -0.1) is 0 Å². The lowest BCUT2D eigenvalue weighted by molar-refractivity contribution is -0.146. The number of hydrogen-bond donors (Lipinski definition) is 1. The molecule has 1 rings (SSSR count). The summed E-state index contributed by atoms with van der Waals surface area (Å²) in [6, 6.07) is 9.22. The molecule has 0 fully saturated rings. The van der Waals surface area contributed by atoms with Crippen LogP contribution in [0.3, 0.4) is 0 Å². The van der Waals surface area contributed by atoms with Crippen molar-refractivity contribution in [2.24, 2.45) is 0 Å². The van der Waals surface area contributed by atoms with E-state index in [9.17, 15) is 9.90 Å². The van der Waals surface area contributed by atoms with Crippen molar-refractivity contribution in [1.82, 2.24) is 4.90 Å². The Morgan fingerprint density at radius 3 is 2.53 bits per heavy atom. The van der Waals surface area contributed by atoms with Gasteiger partial charge in [-0.05, 0) is 25.1 Å². The monoisotopic (exact) mass is 265 g/mol. The van der Waals surface area contributed by atoms with Gasteiger partial charge in [0.2, 0.25) is 0 Å². The standard InChI is InChI=1S/C15H23NO3/c1-3-10-16(4-2)14(15(17)18)12-19-11-13-8-6-5-7-9-13/h5-9,14H,3-4,10-12H2,1-2H3,(H,17,18)/t14-/m0/s1. The normalized spacial score (nSPS) is 12.6. The minimum absolute atomic E-state index is 0.220. The Labute approximate surface area is 115 Å². The highest BCUT2D eigenvalue weighted by molar-refractivity contribution is 5.73. The number of carboxylic acids is 1. The SMILES string of the molecule is CCCN(CC)[C@@H](COCc1ccccc1)C(=O)O. The summed E-state index contributed by atoms with van der Waals surface area (Å²) in [6.45, 7) is 6.20. The molecule has 0 bridgehead atoms. The van der Waals surface area contributed by atoms with Gasteiger partial charge in [0.15, 0.2) is 0 Å². The number of nitrogens with zero attached hydrogens (tertiary/aromatic N) is 1. The van der Waals surface area contributed by atoms with Crippen LogP contribution in [-0.4, -0.2) is 41.7 Å². The molecule has 106 valence electrons. The van der Waals surface area contributed by atoms with E-state index in [1.807, 2.05) is 49.1 Å². The lowest BCUT2D eigenvalue weighted by Gasteiger charge is -2.26. The zero-order chi connectivity index (χ0) is 14.1.